The lowest BCUT2D eigenvalue weighted by Gasteiger charge is -2.12. The minimum Gasteiger partial charge on any atom is -0.324 e. The molecule has 1 atom stereocenters. The summed E-state index contributed by atoms with van der Waals surface area (Å²) in [4.78, 5) is 0. The Balaban J connectivity index is 2.79. The second-order valence-electron chi connectivity index (χ2n) is 3.27. The molecule has 0 radical (unpaired) electrons. The van der Waals surface area contributed by atoms with Gasteiger partial charge in [0.2, 0.25) is 0 Å². The molecule has 0 bridgehead atoms. The lowest BCUT2D eigenvalue weighted by Crippen LogP contribution is -2.20. The average molecular weight is 207 g/mol. The number of nitrogens with zero attached hydrogens (tertiary/aromatic N) is 2. The first kappa shape index (κ1) is 11.0. The molecule has 3 nitrogen and oxygen atoms in total. The van der Waals surface area contributed by atoms with E-state index in [1.54, 1.807) is 14.0 Å². The van der Waals surface area contributed by atoms with Crippen LogP contribution in [0, 0.1) is 6.92 Å². The van der Waals surface area contributed by atoms with Crippen molar-refractivity contribution in [2.24, 2.45) is 12.8 Å². The van der Waals surface area contributed by atoms with Crippen LogP contribution in [0.1, 0.15) is 23.7 Å². The minimum atomic E-state index is -4.23. The average Bonchev–Trinajstić information content (AvgIpc) is 2.26. The van der Waals surface area contributed by atoms with E-state index in [4.69, 9.17) is 5.73 Å². The number of aryl methyl sites for hydroxylation is 2. The standard InChI is InChI=1S/C8H12F3N3/c1-5-6(4-14(2)13-5)7(12)3-8(9,10)11/h4,7H,3,12H2,1-2H3. The van der Waals surface area contributed by atoms with Crippen molar-refractivity contribution >= 4 is 0 Å². The highest BCUT2D eigenvalue weighted by Gasteiger charge is 2.31. The monoisotopic (exact) mass is 207 g/mol. The van der Waals surface area contributed by atoms with Gasteiger partial charge in [0.1, 0.15) is 0 Å². The van der Waals surface area contributed by atoms with Gasteiger partial charge in [-0.15, -0.1) is 0 Å². The Morgan fingerprint density at radius 1 is 1.57 bits per heavy atom. The molecule has 1 aromatic heterocycles. The maximum Gasteiger partial charge on any atom is 0.390 e. The zero-order chi connectivity index (χ0) is 10.9. The van der Waals surface area contributed by atoms with Crippen molar-refractivity contribution in [2.75, 3.05) is 0 Å². The number of nitrogens with two attached hydrogens (primary N) is 1. The van der Waals surface area contributed by atoms with E-state index in [0.29, 0.717) is 11.3 Å². The van der Waals surface area contributed by atoms with E-state index in [1.165, 1.54) is 10.9 Å². The molecule has 6 heteroatoms. The summed E-state index contributed by atoms with van der Waals surface area (Å²) < 4.78 is 37.5. The van der Waals surface area contributed by atoms with E-state index >= 15 is 0 Å². The van der Waals surface area contributed by atoms with Gasteiger partial charge in [0.05, 0.1) is 12.1 Å². The first-order chi connectivity index (χ1) is 6.29. The van der Waals surface area contributed by atoms with E-state index < -0.39 is 18.6 Å². The third kappa shape index (κ3) is 2.73. The molecule has 0 amide bonds. The Morgan fingerprint density at radius 2 is 2.14 bits per heavy atom. The predicted octanol–water partition coefficient (Wildman–Crippen LogP) is 1.68. The summed E-state index contributed by atoms with van der Waals surface area (Å²) in [6.45, 7) is 1.64. The molecule has 2 N–H and O–H groups in total. The van der Waals surface area contributed by atoms with E-state index in [1.807, 2.05) is 0 Å². The Bertz CT molecular complexity index is 316. The molecule has 80 valence electrons. The molecule has 1 heterocycles. The SMILES string of the molecule is Cc1nn(C)cc1C(N)CC(F)(F)F. The fourth-order valence-electron chi connectivity index (χ4n) is 1.34. The van der Waals surface area contributed by atoms with Crippen molar-refractivity contribution in [2.45, 2.75) is 25.6 Å². The van der Waals surface area contributed by atoms with Crippen molar-refractivity contribution in [1.29, 1.82) is 0 Å². The second kappa shape index (κ2) is 3.61. The molecule has 14 heavy (non-hydrogen) atoms. The maximum atomic E-state index is 12.0. The van der Waals surface area contributed by atoms with Crippen LogP contribution in [0.25, 0.3) is 0 Å². The molecule has 0 aliphatic rings. The van der Waals surface area contributed by atoms with Gasteiger partial charge < -0.3 is 5.73 Å². The Labute approximate surface area is 79.7 Å². The third-order valence-corrected chi connectivity index (χ3v) is 1.90. The highest BCUT2D eigenvalue weighted by atomic mass is 19.4. The third-order valence-electron chi connectivity index (χ3n) is 1.90. The molecule has 0 fully saturated rings. The number of aromatic nitrogens is 2. The van der Waals surface area contributed by atoms with Crippen LogP contribution in [-0.2, 0) is 7.05 Å². The Morgan fingerprint density at radius 3 is 2.50 bits per heavy atom. The van der Waals surface area contributed by atoms with E-state index in [9.17, 15) is 13.2 Å². The second-order valence-corrected chi connectivity index (χ2v) is 3.27. The topological polar surface area (TPSA) is 43.8 Å². The zero-order valence-electron chi connectivity index (χ0n) is 7.97. The van der Waals surface area contributed by atoms with Crippen LogP contribution in [-0.4, -0.2) is 16.0 Å². The van der Waals surface area contributed by atoms with Crippen LogP contribution in [0.2, 0.25) is 0 Å². The molecule has 1 rings (SSSR count). The minimum absolute atomic E-state index is 0.449. The van der Waals surface area contributed by atoms with Crippen molar-refractivity contribution in [3.8, 4) is 0 Å². The van der Waals surface area contributed by atoms with Crippen molar-refractivity contribution in [3.63, 3.8) is 0 Å². The van der Waals surface area contributed by atoms with E-state index in [-0.39, 0.29) is 0 Å². The summed E-state index contributed by atoms with van der Waals surface area (Å²) in [5.41, 5.74) is 6.42. The smallest absolute Gasteiger partial charge is 0.324 e. The largest absolute Gasteiger partial charge is 0.390 e. The molecule has 1 aromatic rings. The zero-order valence-corrected chi connectivity index (χ0v) is 7.97. The van der Waals surface area contributed by atoms with Crippen LogP contribution in [0.5, 0.6) is 0 Å². The summed E-state index contributed by atoms with van der Waals surface area (Å²) in [5.74, 6) is 0. The maximum absolute atomic E-state index is 12.0. The van der Waals surface area contributed by atoms with Crippen LogP contribution in [0.3, 0.4) is 0 Å². The number of hydrogen-bond acceptors (Lipinski definition) is 2. The summed E-state index contributed by atoms with van der Waals surface area (Å²) in [6, 6.07) is -1.02. The number of halogens is 3. The number of rotatable bonds is 2. The Hall–Kier alpha value is -1.04. The van der Waals surface area contributed by atoms with Crippen LogP contribution < -0.4 is 5.73 Å². The first-order valence-electron chi connectivity index (χ1n) is 4.12. The lowest BCUT2D eigenvalue weighted by molar-refractivity contribution is -0.138. The normalized spacial score (nSPS) is 14.4. The van der Waals surface area contributed by atoms with Gasteiger partial charge in [-0.25, -0.2) is 0 Å². The van der Waals surface area contributed by atoms with Crippen LogP contribution in [0.4, 0.5) is 13.2 Å². The Kier molecular flexibility index (Phi) is 2.84. The van der Waals surface area contributed by atoms with Gasteiger partial charge in [-0.05, 0) is 6.92 Å². The van der Waals surface area contributed by atoms with Gasteiger partial charge >= 0.3 is 6.18 Å². The molecular weight excluding hydrogens is 195 g/mol. The molecular formula is C8H12F3N3. The van der Waals surface area contributed by atoms with Crippen LogP contribution >= 0.6 is 0 Å². The quantitative estimate of drug-likeness (QED) is 0.801. The molecule has 0 aromatic carbocycles. The first-order valence-corrected chi connectivity index (χ1v) is 4.12. The lowest BCUT2D eigenvalue weighted by atomic mass is 10.1. The van der Waals surface area contributed by atoms with Gasteiger partial charge in [0.15, 0.2) is 0 Å². The van der Waals surface area contributed by atoms with Gasteiger partial charge in [0, 0.05) is 24.8 Å². The molecule has 0 saturated heterocycles. The highest BCUT2D eigenvalue weighted by molar-refractivity contribution is 5.19. The fraction of sp³-hybridized carbons (Fsp3) is 0.625. The number of hydrogen-bond donors (Lipinski definition) is 1. The summed E-state index contributed by atoms with van der Waals surface area (Å²) in [7, 11) is 1.65. The van der Waals surface area contributed by atoms with Crippen molar-refractivity contribution in [3.05, 3.63) is 17.5 Å². The van der Waals surface area contributed by atoms with Crippen molar-refractivity contribution < 1.29 is 13.2 Å². The number of alkyl halides is 3. The fourth-order valence-corrected chi connectivity index (χ4v) is 1.34. The van der Waals surface area contributed by atoms with Gasteiger partial charge in [0.25, 0.3) is 0 Å². The molecule has 0 aliphatic carbocycles. The van der Waals surface area contributed by atoms with Gasteiger partial charge in [-0.3, -0.25) is 4.68 Å². The highest BCUT2D eigenvalue weighted by Crippen LogP contribution is 2.28. The van der Waals surface area contributed by atoms with Gasteiger partial charge in [-0.1, -0.05) is 0 Å². The van der Waals surface area contributed by atoms with E-state index in [2.05, 4.69) is 5.10 Å². The molecule has 0 spiro atoms. The summed E-state index contributed by atoms with van der Waals surface area (Å²) in [6.07, 6.45) is -3.73. The summed E-state index contributed by atoms with van der Waals surface area (Å²) in [5, 5.41) is 3.93. The van der Waals surface area contributed by atoms with Gasteiger partial charge in [-0.2, -0.15) is 18.3 Å². The predicted molar refractivity (Wildman–Crippen MR) is 45.5 cm³/mol. The van der Waals surface area contributed by atoms with Crippen molar-refractivity contribution in [1.82, 2.24) is 9.78 Å². The van der Waals surface area contributed by atoms with Crippen LogP contribution in [0.15, 0.2) is 6.20 Å². The molecule has 0 aliphatic heterocycles. The van der Waals surface area contributed by atoms with E-state index in [0.717, 1.165) is 0 Å². The molecule has 0 saturated carbocycles. The molecule has 1 unspecified atom stereocenters. The summed E-state index contributed by atoms with van der Waals surface area (Å²) >= 11 is 0.